The molecule has 2 aliphatic heterocycles. The Bertz CT molecular complexity index is 791. The van der Waals surface area contributed by atoms with Gasteiger partial charge in [-0.25, -0.2) is 9.78 Å². The number of anilines is 1. The van der Waals surface area contributed by atoms with Gasteiger partial charge in [0.15, 0.2) is 0 Å². The minimum absolute atomic E-state index is 0.0336. The van der Waals surface area contributed by atoms with E-state index in [0.717, 1.165) is 55.0 Å². The fourth-order valence-corrected chi connectivity index (χ4v) is 4.61. The van der Waals surface area contributed by atoms with Gasteiger partial charge in [0.25, 0.3) is 0 Å². The monoisotopic (exact) mass is 384 g/mol. The van der Waals surface area contributed by atoms with Crippen molar-refractivity contribution in [3.63, 3.8) is 0 Å². The van der Waals surface area contributed by atoms with Gasteiger partial charge in [-0.1, -0.05) is 12.1 Å². The largest absolute Gasteiger partial charge is 0.334 e. The molecule has 0 aliphatic carbocycles. The number of urea groups is 1. The zero-order valence-electron chi connectivity index (χ0n) is 15.3. The molecule has 1 N–H and O–H groups in total. The van der Waals surface area contributed by atoms with Crippen molar-refractivity contribution < 1.29 is 9.59 Å². The molecule has 142 valence electrons. The summed E-state index contributed by atoms with van der Waals surface area (Å²) in [4.78, 5) is 32.7. The second-order valence-corrected chi connectivity index (χ2v) is 7.98. The maximum atomic E-state index is 12.7. The Morgan fingerprint density at radius 1 is 1.19 bits per heavy atom. The summed E-state index contributed by atoms with van der Waals surface area (Å²) in [5, 5.41) is 6.02. The van der Waals surface area contributed by atoms with Crippen LogP contribution < -0.4 is 10.2 Å². The van der Waals surface area contributed by atoms with E-state index in [-0.39, 0.29) is 18.0 Å². The topological polar surface area (TPSA) is 65.5 Å². The Labute approximate surface area is 163 Å². The van der Waals surface area contributed by atoms with Crippen molar-refractivity contribution in [2.75, 3.05) is 18.0 Å². The average molecular weight is 385 g/mol. The third-order valence-electron chi connectivity index (χ3n) is 5.27. The molecular formula is C20H24N4O2S. The number of hydrogen-bond acceptors (Lipinski definition) is 4. The molecule has 6 nitrogen and oxygen atoms in total. The highest BCUT2D eigenvalue weighted by Crippen LogP contribution is 2.32. The van der Waals surface area contributed by atoms with E-state index in [2.05, 4.69) is 10.3 Å². The van der Waals surface area contributed by atoms with Crippen LogP contribution in [-0.4, -0.2) is 34.9 Å². The third-order valence-corrected chi connectivity index (χ3v) is 6.14. The number of benzene rings is 1. The molecule has 1 atom stereocenters. The molecule has 7 heteroatoms. The Kier molecular flexibility index (Phi) is 5.38. The Hall–Kier alpha value is -2.41. The van der Waals surface area contributed by atoms with Gasteiger partial charge in [0.05, 0.1) is 6.04 Å². The fraction of sp³-hybridized carbons (Fsp3) is 0.450. The molecule has 0 saturated carbocycles. The standard InChI is InChI=1S/C20H24N4O2S/c25-18-5-3-12-23(18)16-8-6-15(7-9-16)14-22-20(26)24-11-2-1-4-17(24)19-21-10-13-27-19/h6-10,13,17H,1-5,11-12,14H2,(H,22,26)/t17-/m1/s1. The van der Waals surface area contributed by atoms with Gasteiger partial charge in [0, 0.05) is 43.3 Å². The summed E-state index contributed by atoms with van der Waals surface area (Å²) in [5.74, 6) is 0.189. The first-order valence-electron chi connectivity index (χ1n) is 9.55. The lowest BCUT2D eigenvalue weighted by Gasteiger charge is -2.34. The van der Waals surface area contributed by atoms with Crippen LogP contribution in [0.1, 0.15) is 48.7 Å². The Balaban J connectivity index is 1.36. The number of nitrogens with one attached hydrogen (secondary N) is 1. The van der Waals surface area contributed by atoms with Crippen molar-refractivity contribution in [3.05, 3.63) is 46.4 Å². The number of amides is 3. The molecule has 4 rings (SSSR count). The molecule has 1 aromatic heterocycles. The number of carbonyl (C=O) groups excluding carboxylic acids is 2. The van der Waals surface area contributed by atoms with E-state index in [1.54, 1.807) is 17.5 Å². The number of nitrogens with zero attached hydrogens (tertiary/aromatic N) is 3. The van der Waals surface area contributed by atoms with Gasteiger partial charge in [-0.3, -0.25) is 4.79 Å². The van der Waals surface area contributed by atoms with Crippen molar-refractivity contribution in [1.29, 1.82) is 0 Å². The molecule has 2 fully saturated rings. The number of rotatable bonds is 4. The lowest BCUT2D eigenvalue weighted by atomic mass is 10.0. The number of carbonyl (C=O) groups is 2. The van der Waals surface area contributed by atoms with E-state index in [1.165, 1.54) is 0 Å². The van der Waals surface area contributed by atoms with Gasteiger partial charge < -0.3 is 15.1 Å². The fourth-order valence-electron chi connectivity index (χ4n) is 3.82. The number of hydrogen-bond donors (Lipinski definition) is 1. The number of piperidine rings is 1. The van der Waals surface area contributed by atoms with Crippen LogP contribution in [0.15, 0.2) is 35.8 Å². The summed E-state index contributed by atoms with van der Waals surface area (Å²) in [6.45, 7) is 2.04. The van der Waals surface area contributed by atoms with Gasteiger partial charge >= 0.3 is 6.03 Å². The van der Waals surface area contributed by atoms with Crippen molar-refractivity contribution in [2.45, 2.75) is 44.7 Å². The molecule has 3 amide bonds. The second-order valence-electron chi connectivity index (χ2n) is 7.05. The van der Waals surface area contributed by atoms with Gasteiger partial charge in [0.2, 0.25) is 5.91 Å². The minimum Gasteiger partial charge on any atom is -0.334 e. The molecule has 1 aromatic carbocycles. The average Bonchev–Trinajstić information content (AvgIpc) is 3.38. The van der Waals surface area contributed by atoms with Crippen molar-refractivity contribution in [1.82, 2.24) is 15.2 Å². The predicted octanol–water partition coefficient (Wildman–Crippen LogP) is 3.71. The van der Waals surface area contributed by atoms with Crippen LogP contribution in [-0.2, 0) is 11.3 Å². The zero-order chi connectivity index (χ0) is 18.6. The molecule has 0 bridgehead atoms. The molecule has 0 spiro atoms. The minimum atomic E-state index is -0.0336. The Morgan fingerprint density at radius 2 is 2.04 bits per heavy atom. The molecular weight excluding hydrogens is 360 g/mol. The summed E-state index contributed by atoms with van der Waals surface area (Å²) in [6.07, 6.45) is 6.50. The first kappa shape index (κ1) is 18.0. The molecule has 2 aliphatic rings. The van der Waals surface area contributed by atoms with Crippen LogP contribution in [0.3, 0.4) is 0 Å². The SMILES string of the molecule is O=C1CCCN1c1ccc(CNC(=O)N2CCCC[C@@H]2c2nccs2)cc1. The van der Waals surface area contributed by atoms with Crippen LogP contribution in [0.5, 0.6) is 0 Å². The van der Waals surface area contributed by atoms with Gasteiger partial charge in [0.1, 0.15) is 5.01 Å². The van der Waals surface area contributed by atoms with E-state index in [0.29, 0.717) is 13.0 Å². The van der Waals surface area contributed by atoms with Crippen LogP contribution in [0.2, 0.25) is 0 Å². The molecule has 2 saturated heterocycles. The highest BCUT2D eigenvalue weighted by molar-refractivity contribution is 7.09. The molecule has 0 radical (unpaired) electrons. The van der Waals surface area contributed by atoms with Crippen LogP contribution in [0.25, 0.3) is 0 Å². The quantitative estimate of drug-likeness (QED) is 0.874. The van der Waals surface area contributed by atoms with E-state index < -0.39 is 0 Å². The van der Waals surface area contributed by atoms with E-state index in [4.69, 9.17) is 0 Å². The lowest BCUT2D eigenvalue weighted by molar-refractivity contribution is -0.117. The summed E-state index contributed by atoms with van der Waals surface area (Å²) in [7, 11) is 0. The van der Waals surface area contributed by atoms with Gasteiger partial charge in [-0.05, 0) is 43.4 Å². The van der Waals surface area contributed by atoms with Gasteiger partial charge in [-0.15, -0.1) is 11.3 Å². The smallest absolute Gasteiger partial charge is 0.318 e. The summed E-state index contributed by atoms with van der Waals surface area (Å²) < 4.78 is 0. The van der Waals surface area contributed by atoms with E-state index in [9.17, 15) is 9.59 Å². The predicted molar refractivity (Wildman–Crippen MR) is 106 cm³/mol. The molecule has 2 aromatic rings. The molecule has 27 heavy (non-hydrogen) atoms. The number of likely N-dealkylation sites (tertiary alicyclic amines) is 1. The van der Waals surface area contributed by atoms with Crippen molar-refractivity contribution >= 4 is 29.0 Å². The summed E-state index contributed by atoms with van der Waals surface area (Å²) in [6, 6.07) is 7.94. The van der Waals surface area contributed by atoms with Crippen LogP contribution in [0.4, 0.5) is 10.5 Å². The van der Waals surface area contributed by atoms with Crippen LogP contribution in [0, 0.1) is 0 Å². The second kappa shape index (κ2) is 8.08. The normalized spacial score (nSPS) is 20.1. The summed E-state index contributed by atoms with van der Waals surface area (Å²) >= 11 is 1.61. The molecule has 3 heterocycles. The van der Waals surface area contributed by atoms with E-state index in [1.807, 2.05) is 39.4 Å². The number of thiazole rings is 1. The lowest BCUT2D eigenvalue weighted by Crippen LogP contribution is -2.44. The first-order chi connectivity index (χ1) is 13.2. The third kappa shape index (κ3) is 3.98. The zero-order valence-corrected chi connectivity index (χ0v) is 16.1. The van der Waals surface area contributed by atoms with Crippen molar-refractivity contribution in [3.8, 4) is 0 Å². The first-order valence-corrected chi connectivity index (χ1v) is 10.4. The maximum Gasteiger partial charge on any atom is 0.318 e. The number of aromatic nitrogens is 1. The van der Waals surface area contributed by atoms with Gasteiger partial charge in [-0.2, -0.15) is 0 Å². The van der Waals surface area contributed by atoms with Crippen LogP contribution >= 0.6 is 11.3 Å². The Morgan fingerprint density at radius 3 is 2.74 bits per heavy atom. The highest BCUT2D eigenvalue weighted by atomic mass is 32.1. The summed E-state index contributed by atoms with van der Waals surface area (Å²) in [5.41, 5.74) is 1.97. The van der Waals surface area contributed by atoms with E-state index >= 15 is 0 Å². The maximum absolute atomic E-state index is 12.7. The molecule has 0 unspecified atom stereocenters. The highest BCUT2D eigenvalue weighted by Gasteiger charge is 2.29. The van der Waals surface area contributed by atoms with Crippen molar-refractivity contribution in [2.24, 2.45) is 0 Å².